The van der Waals surface area contributed by atoms with Gasteiger partial charge in [-0.1, -0.05) is 23.2 Å². The van der Waals surface area contributed by atoms with Gasteiger partial charge >= 0.3 is 0 Å². The lowest BCUT2D eigenvalue weighted by Gasteiger charge is -1.96. The van der Waals surface area contributed by atoms with Gasteiger partial charge in [0.25, 0.3) is 0 Å². The number of fused-ring (bicyclic) bond motifs is 1. The Morgan fingerprint density at radius 1 is 1.40 bits per heavy atom. The highest BCUT2D eigenvalue weighted by Crippen LogP contribution is 2.38. The summed E-state index contributed by atoms with van der Waals surface area (Å²) in [6, 6.07) is 5.09. The second-order valence-electron chi connectivity index (χ2n) is 2.84. The molecule has 0 atom stereocenters. The van der Waals surface area contributed by atoms with Gasteiger partial charge in [0.1, 0.15) is 6.07 Å². The van der Waals surface area contributed by atoms with E-state index in [-0.39, 0.29) is 5.76 Å². The van der Waals surface area contributed by atoms with E-state index in [2.05, 4.69) is 0 Å². The minimum absolute atomic E-state index is 0.0941. The highest BCUT2D eigenvalue weighted by Gasteiger charge is 2.17. The highest BCUT2D eigenvalue weighted by molar-refractivity contribution is 6.38. The number of ether oxygens (including phenoxy) is 1. The van der Waals surface area contributed by atoms with Crippen molar-refractivity contribution in [1.29, 1.82) is 5.26 Å². The van der Waals surface area contributed by atoms with Crippen molar-refractivity contribution < 1.29 is 9.15 Å². The van der Waals surface area contributed by atoms with Gasteiger partial charge < -0.3 is 9.15 Å². The molecule has 0 amide bonds. The largest absolute Gasteiger partial charge is 0.491 e. The number of halogens is 2. The van der Waals surface area contributed by atoms with Crippen LogP contribution in [0.5, 0.6) is 5.75 Å². The fraction of sp³-hybridized carbons (Fsp3) is 0.100. The van der Waals surface area contributed by atoms with Crippen LogP contribution in [0.1, 0.15) is 5.76 Å². The lowest BCUT2D eigenvalue weighted by atomic mass is 10.2. The lowest BCUT2D eigenvalue weighted by molar-refractivity contribution is 0.407. The Hall–Kier alpha value is -1.37. The molecule has 0 fully saturated rings. The molecule has 15 heavy (non-hydrogen) atoms. The molecule has 0 unspecified atom stereocenters. The number of rotatable bonds is 1. The molecule has 76 valence electrons. The first-order chi connectivity index (χ1) is 7.17. The van der Waals surface area contributed by atoms with E-state index in [0.717, 1.165) is 0 Å². The summed E-state index contributed by atoms with van der Waals surface area (Å²) < 4.78 is 10.3. The van der Waals surface area contributed by atoms with Crippen LogP contribution in [-0.2, 0) is 0 Å². The topological polar surface area (TPSA) is 46.2 Å². The number of benzene rings is 1. The Labute approximate surface area is 95.7 Å². The van der Waals surface area contributed by atoms with Crippen molar-refractivity contribution in [3.05, 3.63) is 27.9 Å². The average molecular weight is 242 g/mol. The van der Waals surface area contributed by atoms with Crippen LogP contribution in [0.3, 0.4) is 0 Å². The van der Waals surface area contributed by atoms with Crippen LogP contribution in [-0.4, -0.2) is 7.11 Å². The molecular formula is C10H5Cl2NO2. The van der Waals surface area contributed by atoms with Crippen molar-refractivity contribution in [3.8, 4) is 11.8 Å². The van der Waals surface area contributed by atoms with E-state index < -0.39 is 0 Å². The van der Waals surface area contributed by atoms with Gasteiger partial charge in [0.15, 0.2) is 11.3 Å². The second-order valence-corrected chi connectivity index (χ2v) is 3.68. The molecule has 2 aromatic rings. The molecule has 1 heterocycles. The molecule has 0 spiro atoms. The molecule has 0 N–H and O–H groups in total. The Morgan fingerprint density at radius 2 is 2.13 bits per heavy atom. The Kier molecular flexibility index (Phi) is 2.47. The third-order valence-corrected chi connectivity index (χ3v) is 2.47. The molecule has 0 aliphatic rings. The predicted molar refractivity (Wildman–Crippen MR) is 57.5 cm³/mol. The van der Waals surface area contributed by atoms with E-state index in [9.17, 15) is 0 Å². The summed E-state index contributed by atoms with van der Waals surface area (Å²) in [6.07, 6.45) is 0. The molecule has 0 aliphatic carbocycles. The van der Waals surface area contributed by atoms with E-state index in [1.54, 1.807) is 12.1 Å². The summed E-state index contributed by atoms with van der Waals surface area (Å²) in [6.45, 7) is 0. The van der Waals surface area contributed by atoms with Crippen LogP contribution in [0.15, 0.2) is 16.5 Å². The smallest absolute Gasteiger partial charge is 0.246 e. The molecule has 0 bridgehead atoms. The van der Waals surface area contributed by atoms with Gasteiger partial charge in [-0.15, -0.1) is 0 Å². The maximum Gasteiger partial charge on any atom is 0.246 e. The van der Waals surface area contributed by atoms with E-state index in [1.807, 2.05) is 6.07 Å². The molecular weight excluding hydrogens is 237 g/mol. The summed E-state index contributed by atoms with van der Waals surface area (Å²) in [4.78, 5) is 0. The molecule has 5 heteroatoms. The first-order valence-electron chi connectivity index (χ1n) is 4.03. The van der Waals surface area contributed by atoms with Gasteiger partial charge in [-0.25, -0.2) is 0 Å². The van der Waals surface area contributed by atoms with Crippen molar-refractivity contribution >= 4 is 34.2 Å². The summed E-state index contributed by atoms with van der Waals surface area (Å²) in [5.74, 6) is 0.452. The summed E-state index contributed by atoms with van der Waals surface area (Å²) in [5.41, 5.74) is 0.412. The molecule has 0 aliphatic heterocycles. The predicted octanol–water partition coefficient (Wildman–Crippen LogP) is 3.62. The van der Waals surface area contributed by atoms with Gasteiger partial charge in [-0.3, -0.25) is 0 Å². The van der Waals surface area contributed by atoms with Crippen molar-refractivity contribution in [2.75, 3.05) is 7.11 Å². The standard InChI is InChI=1S/C10H5Cl2NO2/c1-14-10-6-2-5(11)3-7(12)9(6)15-8(10)4-13/h2-3H,1H3. The quantitative estimate of drug-likeness (QED) is 0.767. The zero-order chi connectivity index (χ0) is 11.0. The number of nitriles is 1. The Balaban J connectivity index is 2.90. The summed E-state index contributed by atoms with van der Waals surface area (Å²) in [5, 5.41) is 10.2. The minimum Gasteiger partial charge on any atom is -0.491 e. The number of hydrogen-bond acceptors (Lipinski definition) is 3. The van der Waals surface area contributed by atoms with Crippen molar-refractivity contribution in [3.63, 3.8) is 0 Å². The van der Waals surface area contributed by atoms with Gasteiger partial charge in [-0.05, 0) is 12.1 Å². The molecule has 1 aromatic carbocycles. The number of furan rings is 1. The van der Waals surface area contributed by atoms with Gasteiger partial charge in [-0.2, -0.15) is 5.26 Å². The maximum absolute atomic E-state index is 8.81. The molecule has 0 radical (unpaired) electrons. The molecule has 2 rings (SSSR count). The molecule has 1 aromatic heterocycles. The summed E-state index contributed by atoms with van der Waals surface area (Å²) in [7, 11) is 1.46. The number of nitrogens with zero attached hydrogens (tertiary/aromatic N) is 1. The van der Waals surface area contributed by atoms with Crippen LogP contribution in [0.25, 0.3) is 11.0 Å². The van der Waals surface area contributed by atoms with Gasteiger partial charge in [0.05, 0.1) is 17.5 Å². The van der Waals surface area contributed by atoms with Crippen LogP contribution < -0.4 is 4.74 Å². The van der Waals surface area contributed by atoms with Gasteiger partial charge in [0, 0.05) is 5.02 Å². The number of hydrogen-bond donors (Lipinski definition) is 0. The van der Waals surface area contributed by atoms with Crippen molar-refractivity contribution in [1.82, 2.24) is 0 Å². The van der Waals surface area contributed by atoms with Crippen molar-refractivity contribution in [2.45, 2.75) is 0 Å². The zero-order valence-electron chi connectivity index (χ0n) is 7.67. The number of methoxy groups -OCH3 is 1. The average Bonchev–Trinajstić information content (AvgIpc) is 2.55. The third-order valence-electron chi connectivity index (χ3n) is 1.97. The molecule has 3 nitrogen and oxygen atoms in total. The van der Waals surface area contributed by atoms with E-state index in [1.165, 1.54) is 7.11 Å². The first-order valence-corrected chi connectivity index (χ1v) is 4.78. The fourth-order valence-electron chi connectivity index (χ4n) is 1.38. The molecule has 0 saturated heterocycles. The van der Waals surface area contributed by atoms with Crippen molar-refractivity contribution in [2.24, 2.45) is 0 Å². The fourth-order valence-corrected chi connectivity index (χ4v) is 1.91. The van der Waals surface area contributed by atoms with Crippen LogP contribution in [0, 0.1) is 11.3 Å². The van der Waals surface area contributed by atoms with Crippen LogP contribution >= 0.6 is 23.2 Å². The SMILES string of the molecule is COc1c(C#N)oc2c(Cl)cc(Cl)cc12. The monoisotopic (exact) mass is 241 g/mol. The zero-order valence-corrected chi connectivity index (χ0v) is 9.19. The minimum atomic E-state index is 0.0941. The lowest BCUT2D eigenvalue weighted by Crippen LogP contribution is -1.82. The van der Waals surface area contributed by atoms with E-state index >= 15 is 0 Å². The van der Waals surface area contributed by atoms with Crippen LogP contribution in [0.2, 0.25) is 10.0 Å². The Morgan fingerprint density at radius 3 is 2.73 bits per heavy atom. The Bertz CT molecular complexity index is 569. The molecule has 0 saturated carbocycles. The summed E-state index contributed by atoms with van der Waals surface area (Å²) >= 11 is 11.8. The normalized spacial score (nSPS) is 10.3. The second kappa shape index (κ2) is 3.65. The van der Waals surface area contributed by atoms with E-state index in [0.29, 0.717) is 26.8 Å². The first kappa shape index (κ1) is 10.2. The van der Waals surface area contributed by atoms with Crippen LogP contribution in [0.4, 0.5) is 0 Å². The van der Waals surface area contributed by atoms with Gasteiger partial charge in [0.2, 0.25) is 5.76 Å². The van der Waals surface area contributed by atoms with E-state index in [4.69, 9.17) is 37.6 Å². The third kappa shape index (κ3) is 1.52. The highest BCUT2D eigenvalue weighted by atomic mass is 35.5. The maximum atomic E-state index is 8.81.